The number of hydrogen-bond donors (Lipinski definition) is 0. The lowest BCUT2D eigenvalue weighted by molar-refractivity contribution is -0.143. The lowest BCUT2D eigenvalue weighted by Crippen LogP contribution is -2.23. The van der Waals surface area contributed by atoms with Crippen molar-refractivity contribution < 1.29 is 23.9 Å². The first-order valence-corrected chi connectivity index (χ1v) is 9.85. The van der Waals surface area contributed by atoms with Gasteiger partial charge < -0.3 is 14.0 Å². The Labute approximate surface area is 175 Å². The monoisotopic (exact) mass is 432 g/mol. The molecule has 0 atom stereocenters. The van der Waals surface area contributed by atoms with E-state index in [1.165, 1.54) is 42.7 Å². The van der Waals surface area contributed by atoms with Crippen molar-refractivity contribution in [3.05, 3.63) is 63.4 Å². The number of amides is 1. The Bertz CT molecular complexity index is 1150. The summed E-state index contributed by atoms with van der Waals surface area (Å²) in [5.41, 5.74) is 1.23. The number of halogens is 1. The zero-order chi connectivity index (χ0) is 21.0. The second-order valence-electron chi connectivity index (χ2n) is 5.85. The molecule has 0 fully saturated rings. The van der Waals surface area contributed by atoms with Crippen molar-refractivity contribution in [3.63, 3.8) is 0 Å². The van der Waals surface area contributed by atoms with E-state index in [4.69, 9.17) is 16.3 Å². The number of para-hydroxylation sites is 1. The number of benzene rings is 2. The number of ether oxygens (including phenoxy) is 2. The highest BCUT2D eigenvalue weighted by Crippen LogP contribution is 2.25. The number of fused-ring (bicyclic) bond motifs is 1. The van der Waals surface area contributed by atoms with Crippen LogP contribution in [0.15, 0.2) is 47.5 Å². The second-order valence-corrected chi connectivity index (χ2v) is 7.26. The Morgan fingerprint density at radius 3 is 2.45 bits per heavy atom. The van der Waals surface area contributed by atoms with E-state index in [-0.39, 0.29) is 13.2 Å². The molecule has 9 heteroatoms. The second kappa shape index (κ2) is 9.02. The quantitative estimate of drug-likeness (QED) is 0.576. The lowest BCUT2D eigenvalue weighted by Gasteiger charge is -2.06. The highest BCUT2D eigenvalue weighted by molar-refractivity contribution is 7.16. The maximum atomic E-state index is 12.7. The van der Waals surface area contributed by atoms with Crippen molar-refractivity contribution in [3.8, 4) is 0 Å². The molecule has 0 N–H and O–H groups in total. The van der Waals surface area contributed by atoms with Crippen LogP contribution in [0.4, 0.5) is 0 Å². The molecule has 29 heavy (non-hydrogen) atoms. The predicted octanol–water partition coefficient (Wildman–Crippen LogP) is 3.45. The molecule has 2 aromatic carbocycles. The van der Waals surface area contributed by atoms with E-state index in [0.29, 0.717) is 26.5 Å². The fraction of sp³-hybridized carbons (Fsp3) is 0.200. The van der Waals surface area contributed by atoms with Gasteiger partial charge in [-0.3, -0.25) is 9.59 Å². The maximum Gasteiger partial charge on any atom is 0.337 e. The average Bonchev–Trinajstić information content (AvgIpc) is 3.05. The molecule has 0 radical (unpaired) electrons. The van der Waals surface area contributed by atoms with Gasteiger partial charge in [0.25, 0.3) is 5.91 Å². The molecular formula is C20H17ClN2O5S. The number of methoxy groups -OCH3 is 1. The maximum absolute atomic E-state index is 12.7. The normalized spacial score (nSPS) is 11.5. The van der Waals surface area contributed by atoms with Crippen LogP contribution in [0.1, 0.15) is 27.6 Å². The number of esters is 2. The number of aromatic nitrogens is 1. The van der Waals surface area contributed by atoms with E-state index >= 15 is 0 Å². The minimum atomic E-state index is -0.512. The van der Waals surface area contributed by atoms with Crippen LogP contribution in [-0.2, 0) is 20.8 Å². The summed E-state index contributed by atoms with van der Waals surface area (Å²) in [6, 6.07) is 11.3. The molecule has 0 unspecified atom stereocenters. The van der Waals surface area contributed by atoms with Crippen LogP contribution in [0.25, 0.3) is 10.2 Å². The standard InChI is InChI=1S/C20H17ClN2O5S/c1-3-28-16(24)11-23-17-14(21)5-4-6-15(17)29-20(23)22-18(25)12-7-9-13(10-8-12)19(26)27-2/h4-10H,3,11H2,1-2H3. The van der Waals surface area contributed by atoms with E-state index in [1.54, 1.807) is 23.6 Å². The molecular weight excluding hydrogens is 416 g/mol. The van der Waals surface area contributed by atoms with Crippen LogP contribution in [-0.4, -0.2) is 36.1 Å². The number of nitrogens with zero attached hydrogens (tertiary/aromatic N) is 2. The molecule has 0 saturated carbocycles. The minimum Gasteiger partial charge on any atom is -0.465 e. The van der Waals surface area contributed by atoms with Gasteiger partial charge in [-0.15, -0.1) is 0 Å². The van der Waals surface area contributed by atoms with Gasteiger partial charge in [0.2, 0.25) is 0 Å². The van der Waals surface area contributed by atoms with Gasteiger partial charge in [-0.2, -0.15) is 4.99 Å². The smallest absolute Gasteiger partial charge is 0.337 e. The summed E-state index contributed by atoms with van der Waals surface area (Å²) in [5, 5.41) is 0.444. The molecule has 0 aliphatic heterocycles. The molecule has 0 aliphatic rings. The van der Waals surface area contributed by atoms with E-state index < -0.39 is 17.8 Å². The van der Waals surface area contributed by atoms with Gasteiger partial charge in [0.05, 0.1) is 34.5 Å². The summed E-state index contributed by atoms with van der Waals surface area (Å²) in [6.45, 7) is 1.84. The van der Waals surface area contributed by atoms with Crippen molar-refractivity contribution >= 4 is 51.0 Å². The molecule has 3 rings (SSSR count). The summed E-state index contributed by atoms with van der Waals surface area (Å²) < 4.78 is 12.0. The molecule has 3 aromatic rings. The van der Waals surface area contributed by atoms with E-state index in [1.807, 2.05) is 6.07 Å². The molecule has 1 heterocycles. The third kappa shape index (κ3) is 4.55. The van der Waals surface area contributed by atoms with Crippen LogP contribution in [0, 0.1) is 0 Å². The van der Waals surface area contributed by atoms with Crippen LogP contribution >= 0.6 is 22.9 Å². The summed E-state index contributed by atoms with van der Waals surface area (Å²) in [5.74, 6) is -1.46. The van der Waals surface area contributed by atoms with Gasteiger partial charge in [-0.1, -0.05) is 29.0 Å². The van der Waals surface area contributed by atoms with Gasteiger partial charge in [-0.25, -0.2) is 4.79 Å². The van der Waals surface area contributed by atoms with Crippen LogP contribution in [0.2, 0.25) is 5.02 Å². The highest BCUT2D eigenvalue weighted by atomic mass is 35.5. The van der Waals surface area contributed by atoms with Gasteiger partial charge in [0, 0.05) is 5.56 Å². The number of rotatable bonds is 5. The average molecular weight is 433 g/mol. The first-order chi connectivity index (χ1) is 13.9. The van der Waals surface area contributed by atoms with Crippen molar-refractivity contribution in [1.29, 1.82) is 0 Å². The Balaban J connectivity index is 2.04. The van der Waals surface area contributed by atoms with E-state index in [2.05, 4.69) is 9.73 Å². The summed E-state index contributed by atoms with van der Waals surface area (Å²) in [6.07, 6.45) is 0. The molecule has 1 aromatic heterocycles. The van der Waals surface area contributed by atoms with Crippen molar-refractivity contribution in [1.82, 2.24) is 4.57 Å². The molecule has 7 nitrogen and oxygen atoms in total. The van der Waals surface area contributed by atoms with Crippen molar-refractivity contribution in [2.75, 3.05) is 13.7 Å². The Morgan fingerprint density at radius 2 is 1.79 bits per heavy atom. The number of carbonyl (C=O) groups excluding carboxylic acids is 3. The van der Waals surface area contributed by atoms with Gasteiger partial charge in [0.1, 0.15) is 6.54 Å². The topological polar surface area (TPSA) is 87.0 Å². The molecule has 0 aliphatic carbocycles. The minimum absolute atomic E-state index is 0.120. The Kier molecular flexibility index (Phi) is 6.46. The third-order valence-electron chi connectivity index (χ3n) is 3.99. The largest absolute Gasteiger partial charge is 0.465 e. The van der Waals surface area contributed by atoms with Gasteiger partial charge >= 0.3 is 11.9 Å². The zero-order valence-electron chi connectivity index (χ0n) is 15.7. The molecule has 0 spiro atoms. The molecule has 1 amide bonds. The number of thiazole rings is 1. The summed E-state index contributed by atoms with van der Waals surface area (Å²) >= 11 is 7.56. The Morgan fingerprint density at radius 1 is 1.10 bits per heavy atom. The number of hydrogen-bond acceptors (Lipinski definition) is 6. The number of carbonyl (C=O) groups is 3. The molecule has 0 saturated heterocycles. The molecule has 0 bridgehead atoms. The summed E-state index contributed by atoms with van der Waals surface area (Å²) in [4.78, 5) is 40.7. The van der Waals surface area contributed by atoms with Crippen LogP contribution in [0.5, 0.6) is 0 Å². The SMILES string of the molecule is CCOC(=O)Cn1c(=NC(=O)c2ccc(C(=O)OC)cc2)sc2cccc(Cl)c21. The van der Waals surface area contributed by atoms with E-state index in [9.17, 15) is 14.4 Å². The Hall–Kier alpha value is -2.97. The summed E-state index contributed by atoms with van der Waals surface area (Å²) in [7, 11) is 1.28. The predicted molar refractivity (Wildman–Crippen MR) is 109 cm³/mol. The first kappa shape index (κ1) is 20.8. The fourth-order valence-corrected chi connectivity index (χ4v) is 4.06. The lowest BCUT2D eigenvalue weighted by atomic mass is 10.1. The van der Waals surface area contributed by atoms with Gasteiger partial charge in [-0.05, 0) is 43.3 Å². The first-order valence-electron chi connectivity index (χ1n) is 8.65. The van der Waals surface area contributed by atoms with E-state index in [0.717, 1.165) is 4.70 Å². The van der Waals surface area contributed by atoms with Crippen LogP contribution in [0.3, 0.4) is 0 Å². The van der Waals surface area contributed by atoms with Crippen LogP contribution < -0.4 is 4.80 Å². The third-order valence-corrected chi connectivity index (χ3v) is 5.34. The van der Waals surface area contributed by atoms with Crippen molar-refractivity contribution in [2.24, 2.45) is 4.99 Å². The zero-order valence-corrected chi connectivity index (χ0v) is 17.2. The van der Waals surface area contributed by atoms with Gasteiger partial charge in [0.15, 0.2) is 4.80 Å². The highest BCUT2D eigenvalue weighted by Gasteiger charge is 2.15. The molecule has 150 valence electrons. The van der Waals surface area contributed by atoms with Crippen molar-refractivity contribution in [2.45, 2.75) is 13.5 Å². The fourth-order valence-electron chi connectivity index (χ4n) is 2.67.